The number of Topliss-reactive ketones (excluding diaryl/α,β-unsaturated/α-hetero) is 1. The van der Waals surface area contributed by atoms with Gasteiger partial charge in [-0.05, 0) is 47.9 Å². The number of benzene rings is 2. The molecule has 0 atom stereocenters. The van der Waals surface area contributed by atoms with Gasteiger partial charge < -0.3 is 14.4 Å². The minimum absolute atomic E-state index is 0.000409. The molecule has 0 spiro atoms. The maximum Gasteiger partial charge on any atom is 0.306 e. The van der Waals surface area contributed by atoms with E-state index in [0.717, 1.165) is 22.6 Å². The highest BCUT2D eigenvalue weighted by Gasteiger charge is 2.24. The maximum atomic E-state index is 12.3. The third-order valence-electron chi connectivity index (χ3n) is 4.62. The van der Waals surface area contributed by atoms with Crippen LogP contribution in [0.3, 0.4) is 0 Å². The average Bonchev–Trinajstić information content (AvgIpc) is 2.98. The number of esters is 1. The zero-order chi connectivity index (χ0) is 19.4. The molecule has 0 radical (unpaired) electrons. The van der Waals surface area contributed by atoms with Crippen LogP contribution in [0.15, 0.2) is 42.5 Å². The second-order valence-corrected chi connectivity index (χ2v) is 6.40. The van der Waals surface area contributed by atoms with Crippen LogP contribution in [-0.2, 0) is 27.2 Å². The van der Waals surface area contributed by atoms with Gasteiger partial charge in [0.15, 0.2) is 12.4 Å². The minimum Gasteiger partial charge on any atom is -0.497 e. The Hall–Kier alpha value is -3.15. The first-order chi connectivity index (χ1) is 13.0. The molecule has 140 valence electrons. The summed E-state index contributed by atoms with van der Waals surface area (Å²) in [5, 5.41) is 0. The van der Waals surface area contributed by atoms with Crippen LogP contribution in [0.4, 0.5) is 5.69 Å². The predicted octanol–water partition coefficient (Wildman–Crippen LogP) is 2.57. The smallest absolute Gasteiger partial charge is 0.306 e. The molecule has 0 aromatic heterocycles. The van der Waals surface area contributed by atoms with E-state index in [2.05, 4.69) is 0 Å². The Morgan fingerprint density at radius 2 is 1.85 bits per heavy atom. The highest BCUT2D eigenvalue weighted by molar-refractivity contribution is 6.03. The van der Waals surface area contributed by atoms with E-state index < -0.39 is 5.97 Å². The molecule has 6 heteroatoms. The molecular formula is C21H21NO5. The largest absolute Gasteiger partial charge is 0.497 e. The topological polar surface area (TPSA) is 72.9 Å². The van der Waals surface area contributed by atoms with Crippen molar-refractivity contribution in [2.24, 2.45) is 0 Å². The number of ketones is 1. The fourth-order valence-electron chi connectivity index (χ4n) is 2.98. The van der Waals surface area contributed by atoms with Gasteiger partial charge >= 0.3 is 5.97 Å². The van der Waals surface area contributed by atoms with Crippen LogP contribution in [0.5, 0.6) is 5.75 Å². The Bertz CT molecular complexity index is 873. The monoisotopic (exact) mass is 367 g/mol. The van der Waals surface area contributed by atoms with Crippen LogP contribution in [0, 0.1) is 0 Å². The molecule has 27 heavy (non-hydrogen) atoms. The zero-order valence-electron chi connectivity index (χ0n) is 15.4. The lowest BCUT2D eigenvalue weighted by Crippen LogP contribution is -2.20. The molecule has 0 unspecified atom stereocenters. The number of carbonyl (C=O) groups is 3. The van der Waals surface area contributed by atoms with Crippen molar-refractivity contribution in [2.45, 2.75) is 19.3 Å². The van der Waals surface area contributed by atoms with E-state index in [1.165, 1.54) is 0 Å². The molecule has 3 rings (SSSR count). The number of rotatable bonds is 7. The molecule has 6 nitrogen and oxygen atoms in total. The van der Waals surface area contributed by atoms with E-state index in [9.17, 15) is 14.4 Å². The van der Waals surface area contributed by atoms with Crippen molar-refractivity contribution < 1.29 is 23.9 Å². The number of likely N-dealkylation sites (N-methyl/N-ethyl adjacent to an activating group) is 1. The summed E-state index contributed by atoms with van der Waals surface area (Å²) in [6.45, 7) is -0.302. The summed E-state index contributed by atoms with van der Waals surface area (Å²) in [6.07, 6.45) is 1.02. The molecule has 2 aromatic rings. The standard InChI is InChI=1S/C21H21NO5/c1-22-18-9-6-15(11-16(18)12-20(22)24)19(23)13-27-21(25)10-5-14-3-7-17(26-2)8-4-14/h3-4,6-9,11H,5,10,12-13H2,1-2H3. The number of hydrogen-bond donors (Lipinski definition) is 0. The molecule has 0 aliphatic carbocycles. The zero-order valence-corrected chi connectivity index (χ0v) is 15.4. The van der Waals surface area contributed by atoms with E-state index in [4.69, 9.17) is 9.47 Å². The number of amides is 1. The Balaban J connectivity index is 1.49. The maximum absolute atomic E-state index is 12.3. The Morgan fingerprint density at radius 3 is 2.56 bits per heavy atom. The van der Waals surface area contributed by atoms with E-state index in [-0.39, 0.29) is 31.1 Å². The van der Waals surface area contributed by atoms with Gasteiger partial charge in [-0.2, -0.15) is 0 Å². The first-order valence-electron chi connectivity index (χ1n) is 8.69. The lowest BCUT2D eigenvalue weighted by molar-refractivity contribution is -0.142. The Labute approximate surface area is 157 Å². The molecule has 1 heterocycles. The number of fused-ring (bicyclic) bond motifs is 1. The van der Waals surface area contributed by atoms with Gasteiger partial charge in [-0.1, -0.05) is 12.1 Å². The van der Waals surface area contributed by atoms with Gasteiger partial charge in [0.25, 0.3) is 0 Å². The average molecular weight is 367 g/mol. The number of ether oxygens (including phenoxy) is 2. The first kappa shape index (κ1) is 18.6. The summed E-state index contributed by atoms with van der Waals surface area (Å²) in [6, 6.07) is 12.5. The highest BCUT2D eigenvalue weighted by Crippen LogP contribution is 2.28. The molecule has 2 aromatic carbocycles. The van der Waals surface area contributed by atoms with E-state index in [0.29, 0.717) is 12.0 Å². The number of aryl methyl sites for hydroxylation is 1. The lowest BCUT2D eigenvalue weighted by Gasteiger charge is -2.10. The molecule has 0 N–H and O–H groups in total. The van der Waals surface area contributed by atoms with Gasteiger partial charge in [0.05, 0.1) is 13.5 Å². The highest BCUT2D eigenvalue weighted by atomic mass is 16.5. The summed E-state index contributed by atoms with van der Waals surface area (Å²) in [4.78, 5) is 37.5. The molecule has 1 amide bonds. The summed E-state index contributed by atoms with van der Waals surface area (Å²) in [5.74, 6) is 0.0570. The van der Waals surface area contributed by atoms with Crippen molar-refractivity contribution in [2.75, 3.05) is 25.7 Å². The van der Waals surface area contributed by atoms with Crippen molar-refractivity contribution >= 4 is 23.3 Å². The van der Waals surface area contributed by atoms with Crippen molar-refractivity contribution in [1.29, 1.82) is 0 Å². The molecule has 1 aliphatic rings. The van der Waals surface area contributed by atoms with E-state index >= 15 is 0 Å². The van der Waals surface area contributed by atoms with Gasteiger partial charge in [-0.25, -0.2) is 0 Å². The van der Waals surface area contributed by atoms with Crippen LogP contribution >= 0.6 is 0 Å². The van der Waals surface area contributed by atoms with Crippen LogP contribution in [-0.4, -0.2) is 38.4 Å². The molecule has 0 saturated carbocycles. The Kier molecular flexibility index (Phi) is 5.54. The summed E-state index contributed by atoms with van der Waals surface area (Å²) in [7, 11) is 3.31. The number of hydrogen-bond acceptors (Lipinski definition) is 5. The van der Waals surface area contributed by atoms with Crippen molar-refractivity contribution in [3.05, 3.63) is 59.2 Å². The summed E-state index contributed by atoms with van der Waals surface area (Å²) in [5.41, 5.74) is 3.07. The van der Waals surface area contributed by atoms with Gasteiger partial charge in [-0.3, -0.25) is 14.4 Å². The number of methoxy groups -OCH3 is 1. The quantitative estimate of drug-likeness (QED) is 0.556. The van der Waals surface area contributed by atoms with Crippen LogP contribution < -0.4 is 9.64 Å². The molecular weight excluding hydrogens is 346 g/mol. The second kappa shape index (κ2) is 8.03. The normalized spacial score (nSPS) is 12.7. The van der Waals surface area contributed by atoms with Crippen LogP contribution in [0.25, 0.3) is 0 Å². The van der Waals surface area contributed by atoms with Gasteiger partial charge in [-0.15, -0.1) is 0 Å². The number of carbonyl (C=O) groups excluding carboxylic acids is 3. The second-order valence-electron chi connectivity index (χ2n) is 6.40. The Morgan fingerprint density at radius 1 is 1.11 bits per heavy atom. The minimum atomic E-state index is -0.421. The van der Waals surface area contributed by atoms with Crippen molar-refractivity contribution in [3.8, 4) is 5.75 Å². The van der Waals surface area contributed by atoms with E-state index in [1.807, 2.05) is 24.3 Å². The third-order valence-corrected chi connectivity index (χ3v) is 4.62. The SMILES string of the molecule is COc1ccc(CCC(=O)OCC(=O)c2ccc3c(c2)CC(=O)N3C)cc1. The van der Waals surface area contributed by atoms with Crippen LogP contribution in [0.2, 0.25) is 0 Å². The summed E-state index contributed by atoms with van der Waals surface area (Å²) >= 11 is 0. The lowest BCUT2D eigenvalue weighted by atomic mass is 10.1. The van der Waals surface area contributed by atoms with E-state index in [1.54, 1.807) is 37.3 Å². The number of anilines is 1. The van der Waals surface area contributed by atoms with Gasteiger partial charge in [0.1, 0.15) is 5.75 Å². The fourth-order valence-corrected chi connectivity index (χ4v) is 2.98. The van der Waals surface area contributed by atoms with Gasteiger partial charge in [0, 0.05) is 24.7 Å². The molecule has 0 fully saturated rings. The molecule has 1 aliphatic heterocycles. The molecule has 0 saturated heterocycles. The molecule has 0 bridgehead atoms. The fraction of sp³-hybridized carbons (Fsp3) is 0.286. The third kappa shape index (κ3) is 4.34. The summed E-state index contributed by atoms with van der Waals surface area (Å²) < 4.78 is 10.2. The predicted molar refractivity (Wildman–Crippen MR) is 100 cm³/mol. The first-order valence-corrected chi connectivity index (χ1v) is 8.69. The van der Waals surface area contributed by atoms with Gasteiger partial charge in [0.2, 0.25) is 5.91 Å². The van der Waals surface area contributed by atoms with Crippen molar-refractivity contribution in [1.82, 2.24) is 0 Å². The van der Waals surface area contributed by atoms with Crippen LogP contribution in [0.1, 0.15) is 27.9 Å². The number of nitrogens with zero attached hydrogens (tertiary/aromatic N) is 1. The van der Waals surface area contributed by atoms with Crippen molar-refractivity contribution in [3.63, 3.8) is 0 Å².